The smallest absolute Gasteiger partial charge is 0.0118 e. The van der Waals surface area contributed by atoms with E-state index in [4.69, 9.17) is 0 Å². The molecule has 0 aromatic carbocycles. The lowest BCUT2D eigenvalue weighted by atomic mass is 9.91. The highest BCUT2D eigenvalue weighted by atomic mass is 32.1. The Labute approximate surface area is 115 Å². The molecule has 2 heterocycles. The van der Waals surface area contributed by atoms with Gasteiger partial charge in [-0.3, -0.25) is 0 Å². The molecule has 0 amide bonds. The van der Waals surface area contributed by atoms with E-state index in [1.165, 1.54) is 37.5 Å². The fourth-order valence-corrected chi connectivity index (χ4v) is 3.72. The summed E-state index contributed by atoms with van der Waals surface area (Å²) in [5, 5.41) is 5.67. The molecule has 2 nitrogen and oxygen atoms in total. The number of thiophene rings is 1. The third-order valence-electron chi connectivity index (χ3n) is 3.86. The number of likely N-dealkylation sites (tertiary alicyclic amines) is 1. The summed E-state index contributed by atoms with van der Waals surface area (Å²) < 4.78 is 0. The fourth-order valence-electron chi connectivity index (χ4n) is 2.87. The quantitative estimate of drug-likeness (QED) is 0.851. The van der Waals surface area contributed by atoms with Gasteiger partial charge in [0.2, 0.25) is 0 Å². The standard InChI is InChI=1S/C15H26N2S/c1-4-16-10-13-7-8-17(11-13)12-15(2,3)14-6-5-9-18-14/h5-6,9,13,16H,4,7-8,10-12H2,1-3H3. The minimum Gasteiger partial charge on any atom is -0.317 e. The van der Waals surface area contributed by atoms with Gasteiger partial charge in [0, 0.05) is 23.4 Å². The Balaban J connectivity index is 1.84. The zero-order valence-electron chi connectivity index (χ0n) is 11.9. The van der Waals surface area contributed by atoms with Crippen LogP contribution < -0.4 is 5.32 Å². The molecule has 1 atom stereocenters. The first kappa shape index (κ1) is 14.0. The van der Waals surface area contributed by atoms with E-state index in [1.54, 1.807) is 0 Å². The first-order chi connectivity index (χ1) is 8.62. The SMILES string of the molecule is CCNCC1CCN(CC(C)(C)c2cccs2)C1. The van der Waals surface area contributed by atoms with Crippen molar-refractivity contribution < 1.29 is 0 Å². The first-order valence-corrected chi connectivity index (χ1v) is 7.97. The molecule has 3 heteroatoms. The molecule has 0 radical (unpaired) electrons. The van der Waals surface area contributed by atoms with Crippen LogP contribution in [0.3, 0.4) is 0 Å². The molecule has 0 spiro atoms. The molecule has 1 aliphatic rings. The maximum absolute atomic E-state index is 3.48. The monoisotopic (exact) mass is 266 g/mol. The van der Waals surface area contributed by atoms with E-state index in [0.717, 1.165) is 12.5 Å². The first-order valence-electron chi connectivity index (χ1n) is 7.09. The predicted octanol–water partition coefficient (Wildman–Crippen LogP) is 2.96. The molecule has 1 saturated heterocycles. The van der Waals surface area contributed by atoms with Crippen LogP contribution in [0, 0.1) is 5.92 Å². The summed E-state index contributed by atoms with van der Waals surface area (Å²) in [5.74, 6) is 0.851. The minimum atomic E-state index is 0.293. The van der Waals surface area contributed by atoms with Crippen LogP contribution >= 0.6 is 11.3 Å². The van der Waals surface area contributed by atoms with Crippen LogP contribution in [0.1, 0.15) is 32.1 Å². The molecular formula is C15H26N2S. The van der Waals surface area contributed by atoms with Crippen LogP contribution in [0.2, 0.25) is 0 Å². The molecule has 0 bridgehead atoms. The zero-order chi connectivity index (χ0) is 13.0. The van der Waals surface area contributed by atoms with Gasteiger partial charge in [0.05, 0.1) is 0 Å². The average molecular weight is 266 g/mol. The van der Waals surface area contributed by atoms with Gasteiger partial charge in [-0.05, 0) is 43.4 Å². The summed E-state index contributed by atoms with van der Waals surface area (Å²) in [4.78, 5) is 4.15. The zero-order valence-corrected chi connectivity index (χ0v) is 12.7. The van der Waals surface area contributed by atoms with E-state index < -0.39 is 0 Å². The summed E-state index contributed by atoms with van der Waals surface area (Å²) in [6, 6.07) is 4.44. The highest BCUT2D eigenvalue weighted by molar-refractivity contribution is 7.10. The molecule has 1 fully saturated rings. The molecule has 1 aromatic heterocycles. The van der Waals surface area contributed by atoms with Crippen LogP contribution in [-0.2, 0) is 5.41 Å². The Bertz CT molecular complexity index is 345. The van der Waals surface area contributed by atoms with Crippen molar-refractivity contribution in [1.82, 2.24) is 10.2 Å². The van der Waals surface area contributed by atoms with Crippen LogP contribution in [0.5, 0.6) is 0 Å². The van der Waals surface area contributed by atoms with E-state index >= 15 is 0 Å². The lowest BCUT2D eigenvalue weighted by Gasteiger charge is -2.29. The number of nitrogens with zero attached hydrogens (tertiary/aromatic N) is 1. The Hall–Kier alpha value is -0.380. The van der Waals surface area contributed by atoms with Gasteiger partial charge in [-0.2, -0.15) is 0 Å². The second-order valence-electron chi connectivity index (χ2n) is 6.06. The fraction of sp³-hybridized carbons (Fsp3) is 0.733. The van der Waals surface area contributed by atoms with Gasteiger partial charge in [-0.15, -0.1) is 11.3 Å². The number of hydrogen-bond donors (Lipinski definition) is 1. The normalized spacial score (nSPS) is 21.6. The maximum Gasteiger partial charge on any atom is 0.0118 e. The molecule has 102 valence electrons. The van der Waals surface area contributed by atoms with Gasteiger partial charge in [0.15, 0.2) is 0 Å². The lowest BCUT2D eigenvalue weighted by molar-refractivity contribution is 0.262. The van der Waals surface area contributed by atoms with Crippen LogP contribution in [0.15, 0.2) is 17.5 Å². The lowest BCUT2D eigenvalue weighted by Crippen LogP contribution is -2.36. The van der Waals surface area contributed by atoms with E-state index in [2.05, 4.69) is 48.5 Å². The number of rotatable bonds is 6. The third kappa shape index (κ3) is 3.56. The molecule has 18 heavy (non-hydrogen) atoms. The van der Waals surface area contributed by atoms with Crippen LogP contribution in [0.25, 0.3) is 0 Å². The van der Waals surface area contributed by atoms with Gasteiger partial charge in [-0.25, -0.2) is 0 Å². The van der Waals surface area contributed by atoms with Crippen molar-refractivity contribution >= 4 is 11.3 Å². The van der Waals surface area contributed by atoms with Gasteiger partial charge in [-0.1, -0.05) is 26.8 Å². The summed E-state index contributed by atoms with van der Waals surface area (Å²) in [5.41, 5.74) is 0.293. The minimum absolute atomic E-state index is 0.293. The van der Waals surface area contributed by atoms with Crippen molar-refractivity contribution in [3.05, 3.63) is 22.4 Å². The Morgan fingerprint density at radius 1 is 1.50 bits per heavy atom. The van der Waals surface area contributed by atoms with E-state index in [-0.39, 0.29) is 0 Å². The molecular weight excluding hydrogens is 240 g/mol. The topological polar surface area (TPSA) is 15.3 Å². The molecule has 1 N–H and O–H groups in total. The van der Waals surface area contributed by atoms with Gasteiger partial charge in [0.1, 0.15) is 0 Å². The van der Waals surface area contributed by atoms with Crippen molar-refractivity contribution in [3.8, 4) is 0 Å². The Kier molecular flexibility index (Phi) is 4.82. The third-order valence-corrected chi connectivity index (χ3v) is 5.10. The maximum atomic E-state index is 3.48. The summed E-state index contributed by atoms with van der Waals surface area (Å²) in [6.07, 6.45) is 1.35. The van der Waals surface area contributed by atoms with Crippen LogP contribution in [0.4, 0.5) is 0 Å². The second-order valence-corrected chi connectivity index (χ2v) is 7.01. The molecule has 1 aliphatic heterocycles. The van der Waals surface area contributed by atoms with E-state index in [1.807, 2.05) is 11.3 Å². The van der Waals surface area contributed by atoms with Crippen molar-refractivity contribution in [1.29, 1.82) is 0 Å². The molecule has 0 aliphatic carbocycles. The number of hydrogen-bond acceptors (Lipinski definition) is 3. The summed E-state index contributed by atoms with van der Waals surface area (Å²) in [6.45, 7) is 12.9. The van der Waals surface area contributed by atoms with Gasteiger partial charge in [0.25, 0.3) is 0 Å². The Morgan fingerprint density at radius 3 is 3.00 bits per heavy atom. The van der Waals surface area contributed by atoms with E-state index in [0.29, 0.717) is 5.41 Å². The Morgan fingerprint density at radius 2 is 2.33 bits per heavy atom. The van der Waals surface area contributed by atoms with Crippen molar-refractivity contribution in [3.63, 3.8) is 0 Å². The highest BCUT2D eigenvalue weighted by Gasteiger charge is 2.29. The van der Waals surface area contributed by atoms with Crippen LogP contribution in [-0.4, -0.2) is 37.6 Å². The van der Waals surface area contributed by atoms with E-state index in [9.17, 15) is 0 Å². The second kappa shape index (κ2) is 6.18. The van der Waals surface area contributed by atoms with Crippen molar-refractivity contribution in [2.45, 2.75) is 32.6 Å². The molecule has 1 aromatic rings. The predicted molar refractivity (Wildman–Crippen MR) is 80.4 cm³/mol. The molecule has 1 unspecified atom stereocenters. The largest absolute Gasteiger partial charge is 0.317 e. The van der Waals surface area contributed by atoms with Crippen molar-refractivity contribution in [2.75, 3.05) is 32.7 Å². The van der Waals surface area contributed by atoms with Crippen molar-refractivity contribution in [2.24, 2.45) is 5.92 Å². The van der Waals surface area contributed by atoms with Gasteiger partial charge >= 0.3 is 0 Å². The number of nitrogens with one attached hydrogen (secondary N) is 1. The average Bonchev–Trinajstić information content (AvgIpc) is 2.96. The summed E-state index contributed by atoms with van der Waals surface area (Å²) >= 11 is 1.89. The summed E-state index contributed by atoms with van der Waals surface area (Å²) in [7, 11) is 0. The molecule has 2 rings (SSSR count). The molecule has 0 saturated carbocycles. The van der Waals surface area contributed by atoms with Gasteiger partial charge < -0.3 is 10.2 Å². The highest BCUT2D eigenvalue weighted by Crippen LogP contribution is 2.30.